The zero-order valence-electron chi connectivity index (χ0n) is 12.1. The van der Waals surface area contributed by atoms with E-state index in [0.717, 1.165) is 45.4 Å². The van der Waals surface area contributed by atoms with Crippen molar-refractivity contribution < 1.29 is 4.79 Å². The van der Waals surface area contributed by atoms with Gasteiger partial charge in [0, 0.05) is 38.6 Å². The number of carbonyl (C=O) groups excluding carboxylic acids is 1. The third kappa shape index (κ3) is 3.83. The summed E-state index contributed by atoms with van der Waals surface area (Å²) in [6.45, 7) is 7.81. The van der Waals surface area contributed by atoms with Crippen LogP contribution < -0.4 is 5.32 Å². The van der Waals surface area contributed by atoms with E-state index in [1.165, 1.54) is 5.56 Å². The van der Waals surface area contributed by atoms with Crippen LogP contribution in [-0.2, 0) is 17.9 Å². The normalized spacial score (nSPS) is 16.8. The number of rotatable bonds is 6. The summed E-state index contributed by atoms with van der Waals surface area (Å²) >= 11 is 0. The van der Waals surface area contributed by atoms with Crippen LogP contribution in [0.3, 0.4) is 0 Å². The van der Waals surface area contributed by atoms with E-state index in [1.54, 1.807) is 0 Å². The highest BCUT2D eigenvalue weighted by Crippen LogP contribution is 2.09. The summed E-state index contributed by atoms with van der Waals surface area (Å²) in [5.41, 5.74) is 1.24. The average Bonchev–Trinajstić information content (AvgIpc) is 3.06. The van der Waals surface area contributed by atoms with E-state index in [9.17, 15) is 4.79 Å². The SMILES string of the molecule is CCCn1ccc(CNC(C)C(=O)N2CCCC2)c1. The lowest BCUT2D eigenvalue weighted by atomic mass is 10.2. The van der Waals surface area contributed by atoms with Crippen molar-refractivity contribution in [3.63, 3.8) is 0 Å². The van der Waals surface area contributed by atoms with Crippen molar-refractivity contribution in [2.75, 3.05) is 13.1 Å². The van der Waals surface area contributed by atoms with Gasteiger partial charge in [-0.1, -0.05) is 6.92 Å². The number of hydrogen-bond donors (Lipinski definition) is 1. The number of nitrogens with one attached hydrogen (secondary N) is 1. The highest BCUT2D eigenvalue weighted by molar-refractivity contribution is 5.81. The number of likely N-dealkylation sites (tertiary alicyclic amines) is 1. The molecule has 1 fully saturated rings. The van der Waals surface area contributed by atoms with Gasteiger partial charge in [0.1, 0.15) is 0 Å². The Balaban J connectivity index is 1.78. The van der Waals surface area contributed by atoms with Crippen molar-refractivity contribution in [2.45, 2.75) is 52.2 Å². The average molecular weight is 263 g/mol. The lowest BCUT2D eigenvalue weighted by Gasteiger charge is -2.21. The molecule has 1 amide bonds. The van der Waals surface area contributed by atoms with Crippen molar-refractivity contribution in [2.24, 2.45) is 0 Å². The van der Waals surface area contributed by atoms with Gasteiger partial charge in [0.25, 0.3) is 0 Å². The second-order valence-corrected chi connectivity index (χ2v) is 5.39. The zero-order chi connectivity index (χ0) is 13.7. The van der Waals surface area contributed by atoms with Crippen LogP contribution in [0.15, 0.2) is 18.5 Å². The highest BCUT2D eigenvalue weighted by atomic mass is 16.2. The molecule has 0 bridgehead atoms. The summed E-state index contributed by atoms with van der Waals surface area (Å²) in [6, 6.07) is 2.03. The Hall–Kier alpha value is -1.29. The van der Waals surface area contributed by atoms with Gasteiger partial charge in [-0.2, -0.15) is 0 Å². The van der Waals surface area contributed by atoms with E-state index in [1.807, 2.05) is 11.8 Å². The number of aromatic nitrogens is 1. The molecule has 106 valence electrons. The van der Waals surface area contributed by atoms with Crippen molar-refractivity contribution in [3.05, 3.63) is 24.0 Å². The van der Waals surface area contributed by atoms with E-state index in [4.69, 9.17) is 0 Å². The molecule has 1 aromatic heterocycles. The molecule has 1 aliphatic heterocycles. The largest absolute Gasteiger partial charge is 0.354 e. The fourth-order valence-electron chi connectivity index (χ4n) is 2.56. The summed E-state index contributed by atoms with van der Waals surface area (Å²) in [5.74, 6) is 0.241. The maximum atomic E-state index is 12.1. The van der Waals surface area contributed by atoms with Crippen LogP contribution in [0.25, 0.3) is 0 Å². The lowest BCUT2D eigenvalue weighted by molar-refractivity contribution is -0.131. The number of carbonyl (C=O) groups is 1. The smallest absolute Gasteiger partial charge is 0.239 e. The van der Waals surface area contributed by atoms with Crippen LogP contribution in [0.2, 0.25) is 0 Å². The summed E-state index contributed by atoms with van der Waals surface area (Å²) in [6.07, 6.45) is 7.71. The molecular formula is C15H25N3O. The van der Waals surface area contributed by atoms with Gasteiger partial charge in [-0.3, -0.25) is 4.79 Å². The Labute approximate surface area is 115 Å². The number of amides is 1. The van der Waals surface area contributed by atoms with Crippen LogP contribution in [0.5, 0.6) is 0 Å². The molecule has 1 aliphatic rings. The number of aryl methyl sites for hydroxylation is 1. The monoisotopic (exact) mass is 263 g/mol. The first-order valence-electron chi connectivity index (χ1n) is 7.37. The standard InChI is InChI=1S/C15H25N3O/c1-3-7-17-10-6-14(12-17)11-16-13(2)15(19)18-8-4-5-9-18/h6,10,12-13,16H,3-5,7-9,11H2,1-2H3. The van der Waals surface area contributed by atoms with Gasteiger partial charge in [0.2, 0.25) is 5.91 Å². The van der Waals surface area contributed by atoms with Crippen LogP contribution >= 0.6 is 0 Å². The predicted octanol–water partition coefficient (Wildman–Crippen LogP) is 2.00. The molecule has 1 aromatic rings. The fourth-order valence-corrected chi connectivity index (χ4v) is 2.56. The molecule has 4 nitrogen and oxygen atoms in total. The molecule has 0 aliphatic carbocycles. The molecule has 19 heavy (non-hydrogen) atoms. The van der Waals surface area contributed by atoms with Gasteiger partial charge in [-0.25, -0.2) is 0 Å². The Bertz CT molecular complexity index is 407. The van der Waals surface area contributed by atoms with Gasteiger partial charge >= 0.3 is 0 Å². The van der Waals surface area contributed by atoms with Gasteiger partial charge < -0.3 is 14.8 Å². The predicted molar refractivity (Wildman–Crippen MR) is 76.8 cm³/mol. The summed E-state index contributed by atoms with van der Waals surface area (Å²) in [4.78, 5) is 14.1. The molecule has 2 heterocycles. The van der Waals surface area contributed by atoms with Crippen molar-refractivity contribution in [1.29, 1.82) is 0 Å². The summed E-state index contributed by atoms with van der Waals surface area (Å²) in [5, 5.41) is 3.33. The molecule has 1 saturated heterocycles. The lowest BCUT2D eigenvalue weighted by Crippen LogP contribution is -2.43. The van der Waals surface area contributed by atoms with Crippen LogP contribution in [0.4, 0.5) is 0 Å². The third-order valence-corrected chi connectivity index (χ3v) is 3.69. The van der Waals surface area contributed by atoms with Crippen molar-refractivity contribution >= 4 is 5.91 Å². The van der Waals surface area contributed by atoms with Gasteiger partial charge in [0.15, 0.2) is 0 Å². The molecule has 4 heteroatoms. The van der Waals surface area contributed by atoms with E-state index in [2.05, 4.69) is 35.3 Å². The zero-order valence-corrected chi connectivity index (χ0v) is 12.1. The second-order valence-electron chi connectivity index (χ2n) is 5.39. The molecule has 0 saturated carbocycles. The maximum Gasteiger partial charge on any atom is 0.239 e. The van der Waals surface area contributed by atoms with Crippen LogP contribution in [-0.4, -0.2) is 34.5 Å². The number of nitrogens with zero attached hydrogens (tertiary/aromatic N) is 2. The Morgan fingerprint density at radius 3 is 2.84 bits per heavy atom. The molecule has 0 aromatic carbocycles. The quantitative estimate of drug-likeness (QED) is 0.852. The summed E-state index contributed by atoms with van der Waals surface area (Å²) < 4.78 is 2.20. The molecular weight excluding hydrogens is 238 g/mol. The minimum atomic E-state index is -0.0902. The Morgan fingerprint density at radius 2 is 2.16 bits per heavy atom. The first-order chi connectivity index (χ1) is 9.20. The van der Waals surface area contributed by atoms with Crippen molar-refractivity contribution in [1.82, 2.24) is 14.8 Å². The van der Waals surface area contributed by atoms with Crippen molar-refractivity contribution in [3.8, 4) is 0 Å². The second kappa shape index (κ2) is 6.75. The summed E-state index contributed by atoms with van der Waals surface area (Å²) in [7, 11) is 0. The minimum Gasteiger partial charge on any atom is -0.354 e. The Kier molecular flexibility index (Phi) is 5.02. The minimum absolute atomic E-state index is 0.0902. The van der Waals surface area contributed by atoms with Crippen LogP contribution in [0, 0.1) is 0 Å². The fraction of sp³-hybridized carbons (Fsp3) is 0.667. The van der Waals surface area contributed by atoms with E-state index >= 15 is 0 Å². The first-order valence-corrected chi connectivity index (χ1v) is 7.37. The Morgan fingerprint density at radius 1 is 1.42 bits per heavy atom. The molecule has 1 N–H and O–H groups in total. The molecule has 0 spiro atoms. The van der Waals surface area contributed by atoms with Gasteiger partial charge in [-0.15, -0.1) is 0 Å². The molecule has 0 radical (unpaired) electrons. The molecule has 1 atom stereocenters. The van der Waals surface area contributed by atoms with Gasteiger partial charge in [0.05, 0.1) is 6.04 Å². The van der Waals surface area contributed by atoms with E-state index < -0.39 is 0 Å². The van der Waals surface area contributed by atoms with E-state index in [-0.39, 0.29) is 11.9 Å². The topological polar surface area (TPSA) is 37.3 Å². The third-order valence-electron chi connectivity index (χ3n) is 3.69. The highest BCUT2D eigenvalue weighted by Gasteiger charge is 2.22. The maximum absolute atomic E-state index is 12.1. The van der Waals surface area contributed by atoms with Crippen LogP contribution in [0.1, 0.15) is 38.7 Å². The molecule has 1 unspecified atom stereocenters. The first kappa shape index (κ1) is 14.1. The van der Waals surface area contributed by atoms with Gasteiger partial charge in [-0.05, 0) is 37.8 Å². The number of hydrogen-bond acceptors (Lipinski definition) is 2. The molecule has 2 rings (SSSR count). The van der Waals surface area contributed by atoms with E-state index in [0.29, 0.717) is 0 Å².